The fourth-order valence-electron chi connectivity index (χ4n) is 2.52. The molecule has 2 N–H and O–H groups in total. The Kier molecular flexibility index (Phi) is 5.02. The summed E-state index contributed by atoms with van der Waals surface area (Å²) >= 11 is 0. The molecule has 0 aliphatic carbocycles. The van der Waals surface area contributed by atoms with E-state index in [1.165, 1.54) is 5.56 Å². The van der Waals surface area contributed by atoms with E-state index in [0.717, 1.165) is 38.2 Å². The first-order chi connectivity index (χ1) is 8.81. The van der Waals surface area contributed by atoms with Crippen molar-refractivity contribution >= 4 is 0 Å². The monoisotopic (exact) mass is 249 g/mol. The second kappa shape index (κ2) is 6.76. The summed E-state index contributed by atoms with van der Waals surface area (Å²) in [4.78, 5) is 0. The highest BCUT2D eigenvalue weighted by Gasteiger charge is 2.23. The van der Waals surface area contributed by atoms with Crippen LogP contribution in [0.1, 0.15) is 37.7 Å². The maximum Gasteiger partial charge on any atom is 0.122 e. The summed E-state index contributed by atoms with van der Waals surface area (Å²) in [5.41, 5.74) is 1.25. The van der Waals surface area contributed by atoms with Gasteiger partial charge in [-0.25, -0.2) is 0 Å². The summed E-state index contributed by atoms with van der Waals surface area (Å²) in [7, 11) is 0. The smallest absolute Gasteiger partial charge is 0.122 e. The van der Waals surface area contributed by atoms with E-state index in [-0.39, 0.29) is 6.10 Å². The molecule has 0 saturated carbocycles. The maximum absolute atomic E-state index is 10.1. The van der Waals surface area contributed by atoms with Crippen LogP contribution in [0.3, 0.4) is 0 Å². The molecule has 100 valence electrons. The standard InChI is InChI=1S/C15H23NO2/c1-2-8-16-11-13(17)10-12-7-9-18-15-6-4-3-5-14(12)15/h3-6,12-13,16-17H,2,7-11H2,1H3. The number of hydrogen-bond acceptors (Lipinski definition) is 3. The molecule has 2 unspecified atom stereocenters. The Morgan fingerprint density at radius 1 is 1.44 bits per heavy atom. The maximum atomic E-state index is 10.1. The number of ether oxygens (including phenoxy) is 1. The molecule has 1 aliphatic heterocycles. The van der Waals surface area contributed by atoms with Gasteiger partial charge in [0.2, 0.25) is 0 Å². The van der Waals surface area contributed by atoms with E-state index < -0.39 is 0 Å². The average molecular weight is 249 g/mol. The minimum absolute atomic E-state index is 0.271. The van der Waals surface area contributed by atoms with Crippen LogP contribution in [-0.4, -0.2) is 30.9 Å². The molecule has 0 bridgehead atoms. The number of benzene rings is 1. The van der Waals surface area contributed by atoms with Crippen molar-refractivity contribution in [2.45, 2.75) is 38.2 Å². The normalized spacial score (nSPS) is 20.0. The van der Waals surface area contributed by atoms with E-state index in [4.69, 9.17) is 4.74 Å². The predicted molar refractivity (Wildman–Crippen MR) is 73.1 cm³/mol. The van der Waals surface area contributed by atoms with Gasteiger partial charge in [-0.15, -0.1) is 0 Å². The Balaban J connectivity index is 1.90. The number of para-hydroxylation sites is 1. The van der Waals surface area contributed by atoms with Crippen LogP contribution in [0.4, 0.5) is 0 Å². The first-order valence-electron chi connectivity index (χ1n) is 6.91. The molecule has 1 aliphatic rings. The SMILES string of the molecule is CCCNCC(O)CC1CCOc2ccccc21. The number of aliphatic hydroxyl groups is 1. The lowest BCUT2D eigenvalue weighted by Crippen LogP contribution is -2.29. The van der Waals surface area contributed by atoms with Gasteiger partial charge in [-0.05, 0) is 43.4 Å². The number of aliphatic hydroxyl groups excluding tert-OH is 1. The van der Waals surface area contributed by atoms with Crippen LogP contribution in [0.5, 0.6) is 5.75 Å². The highest BCUT2D eigenvalue weighted by atomic mass is 16.5. The largest absolute Gasteiger partial charge is 0.493 e. The molecule has 18 heavy (non-hydrogen) atoms. The predicted octanol–water partition coefficient (Wildman–Crippen LogP) is 2.30. The summed E-state index contributed by atoms with van der Waals surface area (Å²) in [6.45, 7) is 4.56. The fraction of sp³-hybridized carbons (Fsp3) is 0.600. The molecule has 3 heteroatoms. The highest BCUT2D eigenvalue weighted by Crippen LogP contribution is 2.35. The summed E-state index contributed by atoms with van der Waals surface area (Å²) in [5, 5.41) is 13.3. The van der Waals surface area contributed by atoms with Crippen molar-refractivity contribution in [1.29, 1.82) is 0 Å². The Morgan fingerprint density at radius 2 is 2.28 bits per heavy atom. The van der Waals surface area contributed by atoms with E-state index in [9.17, 15) is 5.11 Å². The highest BCUT2D eigenvalue weighted by molar-refractivity contribution is 5.37. The zero-order valence-electron chi connectivity index (χ0n) is 11.1. The lowest BCUT2D eigenvalue weighted by atomic mass is 9.88. The first kappa shape index (κ1) is 13.4. The van der Waals surface area contributed by atoms with Crippen LogP contribution in [0, 0.1) is 0 Å². The lowest BCUT2D eigenvalue weighted by Gasteiger charge is -2.27. The van der Waals surface area contributed by atoms with Crippen LogP contribution >= 0.6 is 0 Å². The topological polar surface area (TPSA) is 41.5 Å². The fourth-order valence-corrected chi connectivity index (χ4v) is 2.52. The third kappa shape index (κ3) is 3.47. The molecule has 2 atom stereocenters. The van der Waals surface area contributed by atoms with E-state index in [2.05, 4.69) is 18.3 Å². The van der Waals surface area contributed by atoms with E-state index >= 15 is 0 Å². The van der Waals surface area contributed by atoms with Crippen molar-refractivity contribution in [3.05, 3.63) is 29.8 Å². The van der Waals surface area contributed by atoms with Gasteiger partial charge in [0.15, 0.2) is 0 Å². The van der Waals surface area contributed by atoms with Crippen LogP contribution in [0.25, 0.3) is 0 Å². The van der Waals surface area contributed by atoms with Gasteiger partial charge in [0.25, 0.3) is 0 Å². The van der Waals surface area contributed by atoms with Gasteiger partial charge in [0.05, 0.1) is 12.7 Å². The van der Waals surface area contributed by atoms with Crippen molar-refractivity contribution in [1.82, 2.24) is 5.32 Å². The minimum Gasteiger partial charge on any atom is -0.493 e. The molecule has 0 spiro atoms. The molecule has 3 nitrogen and oxygen atoms in total. The zero-order valence-corrected chi connectivity index (χ0v) is 11.1. The molecule has 0 amide bonds. The Hall–Kier alpha value is -1.06. The summed E-state index contributed by atoms with van der Waals surface area (Å²) in [5.74, 6) is 1.41. The summed E-state index contributed by atoms with van der Waals surface area (Å²) in [6.07, 6.45) is 2.65. The zero-order chi connectivity index (χ0) is 12.8. The third-order valence-corrected chi connectivity index (χ3v) is 3.45. The van der Waals surface area contributed by atoms with Gasteiger partial charge < -0.3 is 15.2 Å². The average Bonchev–Trinajstić information content (AvgIpc) is 2.39. The number of rotatable bonds is 6. The molecule has 0 aromatic heterocycles. The number of hydrogen-bond donors (Lipinski definition) is 2. The van der Waals surface area contributed by atoms with E-state index in [1.807, 2.05) is 18.2 Å². The second-order valence-electron chi connectivity index (χ2n) is 4.97. The van der Waals surface area contributed by atoms with Crippen LogP contribution < -0.4 is 10.1 Å². The lowest BCUT2D eigenvalue weighted by molar-refractivity contribution is 0.141. The van der Waals surface area contributed by atoms with E-state index in [1.54, 1.807) is 0 Å². The van der Waals surface area contributed by atoms with E-state index in [0.29, 0.717) is 12.5 Å². The Morgan fingerprint density at radius 3 is 3.11 bits per heavy atom. The molecule has 0 fully saturated rings. The van der Waals surface area contributed by atoms with Crippen LogP contribution in [0.15, 0.2) is 24.3 Å². The molecule has 0 radical (unpaired) electrons. The van der Waals surface area contributed by atoms with Crippen molar-refractivity contribution in [2.24, 2.45) is 0 Å². The van der Waals surface area contributed by atoms with Gasteiger partial charge in [0, 0.05) is 6.54 Å². The van der Waals surface area contributed by atoms with Crippen molar-refractivity contribution in [3.8, 4) is 5.75 Å². The van der Waals surface area contributed by atoms with Gasteiger partial charge in [-0.3, -0.25) is 0 Å². The second-order valence-corrected chi connectivity index (χ2v) is 4.97. The van der Waals surface area contributed by atoms with Crippen molar-refractivity contribution in [2.75, 3.05) is 19.7 Å². The molecule has 0 saturated heterocycles. The summed E-state index contributed by atoms with van der Waals surface area (Å²) < 4.78 is 5.64. The quantitative estimate of drug-likeness (QED) is 0.760. The van der Waals surface area contributed by atoms with Gasteiger partial charge >= 0.3 is 0 Å². The van der Waals surface area contributed by atoms with Gasteiger partial charge in [0.1, 0.15) is 5.75 Å². The van der Waals surface area contributed by atoms with Crippen molar-refractivity contribution < 1.29 is 9.84 Å². The molecule has 2 rings (SSSR count). The van der Waals surface area contributed by atoms with Crippen LogP contribution in [0.2, 0.25) is 0 Å². The molecule has 1 heterocycles. The summed E-state index contributed by atoms with van der Waals surface area (Å²) in [6, 6.07) is 8.18. The first-order valence-corrected chi connectivity index (χ1v) is 6.91. The Bertz CT molecular complexity index is 367. The third-order valence-electron chi connectivity index (χ3n) is 3.45. The van der Waals surface area contributed by atoms with Gasteiger partial charge in [-0.1, -0.05) is 25.1 Å². The van der Waals surface area contributed by atoms with Crippen LogP contribution in [-0.2, 0) is 0 Å². The minimum atomic E-state index is -0.271. The Labute approximate surface area is 109 Å². The number of nitrogens with one attached hydrogen (secondary N) is 1. The van der Waals surface area contributed by atoms with Gasteiger partial charge in [-0.2, -0.15) is 0 Å². The van der Waals surface area contributed by atoms with Crippen molar-refractivity contribution in [3.63, 3.8) is 0 Å². The molecular weight excluding hydrogens is 226 g/mol. The molecule has 1 aromatic carbocycles. The molecule has 1 aromatic rings. The number of fused-ring (bicyclic) bond motifs is 1. The molecular formula is C15H23NO2.